The fraction of sp³-hybridized carbons (Fsp3) is 0.769. The van der Waals surface area contributed by atoms with Crippen LogP contribution in [0.5, 0.6) is 0 Å². The van der Waals surface area contributed by atoms with Crippen LogP contribution >= 0.6 is 11.3 Å². The van der Waals surface area contributed by atoms with Gasteiger partial charge in [0.2, 0.25) is 0 Å². The highest BCUT2D eigenvalue weighted by Crippen LogP contribution is 2.42. The van der Waals surface area contributed by atoms with Crippen LogP contribution in [0, 0.1) is 5.92 Å². The number of aromatic nitrogens is 1. The van der Waals surface area contributed by atoms with Gasteiger partial charge in [0.15, 0.2) is 0 Å². The molecule has 1 saturated carbocycles. The first kappa shape index (κ1) is 11.6. The number of thiazole rings is 1. The molecular formula is C13H21N3S. The van der Waals surface area contributed by atoms with Crippen LogP contribution in [-0.2, 0) is 6.54 Å². The minimum absolute atomic E-state index is 0.798. The molecule has 1 aliphatic heterocycles. The molecule has 0 bridgehead atoms. The zero-order chi connectivity index (χ0) is 11.7. The first-order valence-corrected chi connectivity index (χ1v) is 7.54. The summed E-state index contributed by atoms with van der Waals surface area (Å²) in [6.07, 6.45) is 4.07. The van der Waals surface area contributed by atoms with Crippen LogP contribution in [-0.4, -0.2) is 36.6 Å². The molecule has 2 fully saturated rings. The van der Waals surface area contributed by atoms with Gasteiger partial charge in [0.25, 0.3) is 0 Å². The fourth-order valence-electron chi connectivity index (χ4n) is 2.80. The van der Waals surface area contributed by atoms with Gasteiger partial charge in [-0.1, -0.05) is 0 Å². The summed E-state index contributed by atoms with van der Waals surface area (Å²) >= 11 is 1.85. The predicted octanol–water partition coefficient (Wildman–Crippen LogP) is 2.06. The van der Waals surface area contributed by atoms with Gasteiger partial charge in [0, 0.05) is 23.9 Å². The predicted molar refractivity (Wildman–Crippen MR) is 71.4 cm³/mol. The van der Waals surface area contributed by atoms with Crippen molar-refractivity contribution >= 4 is 11.3 Å². The summed E-state index contributed by atoms with van der Waals surface area (Å²) in [7, 11) is 2.05. The van der Waals surface area contributed by atoms with Gasteiger partial charge in [0.1, 0.15) is 0 Å². The Balaban J connectivity index is 1.58. The lowest BCUT2D eigenvalue weighted by Gasteiger charge is -2.15. The maximum Gasteiger partial charge on any atom is 0.0798 e. The number of nitrogens with one attached hydrogen (secondary N) is 1. The minimum atomic E-state index is 0.798. The molecule has 1 aromatic heterocycles. The molecule has 4 heteroatoms. The first-order valence-electron chi connectivity index (χ1n) is 6.66. The summed E-state index contributed by atoms with van der Waals surface area (Å²) in [5, 5.41) is 3.29. The number of nitrogens with zero attached hydrogens (tertiary/aromatic N) is 2. The largest absolute Gasteiger partial charge is 0.319 e. The molecule has 1 N–H and O–H groups in total. The third-order valence-electron chi connectivity index (χ3n) is 3.87. The molecular weight excluding hydrogens is 230 g/mol. The number of rotatable bonds is 5. The maximum absolute atomic E-state index is 4.56. The summed E-state index contributed by atoms with van der Waals surface area (Å²) in [6.45, 7) is 4.81. The quantitative estimate of drug-likeness (QED) is 0.868. The normalized spacial score (nSPS) is 25.6. The average Bonchev–Trinajstić information content (AvgIpc) is 2.91. The second kappa shape index (κ2) is 5.04. The van der Waals surface area contributed by atoms with Crippen LogP contribution in [0.2, 0.25) is 0 Å². The van der Waals surface area contributed by atoms with Gasteiger partial charge >= 0.3 is 0 Å². The van der Waals surface area contributed by atoms with Gasteiger partial charge in [0.05, 0.1) is 11.2 Å². The van der Waals surface area contributed by atoms with E-state index in [9.17, 15) is 0 Å². The Labute approximate surface area is 107 Å². The molecule has 1 unspecified atom stereocenters. The molecule has 2 aliphatic rings. The molecule has 1 aromatic rings. The molecule has 1 aliphatic carbocycles. The van der Waals surface area contributed by atoms with Crippen LogP contribution in [0.15, 0.2) is 5.51 Å². The third-order valence-corrected chi connectivity index (χ3v) is 4.70. The van der Waals surface area contributed by atoms with Crippen LogP contribution in [0.1, 0.15) is 35.8 Å². The summed E-state index contributed by atoms with van der Waals surface area (Å²) in [5.41, 5.74) is 3.44. The van der Waals surface area contributed by atoms with Crippen molar-refractivity contribution in [3.8, 4) is 0 Å². The smallest absolute Gasteiger partial charge is 0.0798 e. The van der Waals surface area contributed by atoms with E-state index in [-0.39, 0.29) is 0 Å². The van der Waals surface area contributed by atoms with E-state index in [0.29, 0.717) is 0 Å². The molecule has 17 heavy (non-hydrogen) atoms. The highest BCUT2D eigenvalue weighted by molar-refractivity contribution is 7.09. The van der Waals surface area contributed by atoms with Gasteiger partial charge in [-0.3, -0.25) is 4.90 Å². The molecule has 3 nitrogen and oxygen atoms in total. The van der Waals surface area contributed by atoms with Crippen molar-refractivity contribution in [2.45, 2.75) is 31.7 Å². The van der Waals surface area contributed by atoms with Gasteiger partial charge in [-0.25, -0.2) is 4.98 Å². The molecule has 1 atom stereocenters. The van der Waals surface area contributed by atoms with Gasteiger partial charge in [-0.05, 0) is 45.3 Å². The second-order valence-corrected chi connectivity index (χ2v) is 6.32. The lowest BCUT2D eigenvalue weighted by Crippen LogP contribution is -2.24. The van der Waals surface area contributed by atoms with E-state index in [1.54, 1.807) is 0 Å². The summed E-state index contributed by atoms with van der Waals surface area (Å²) in [4.78, 5) is 8.68. The van der Waals surface area contributed by atoms with Crippen LogP contribution in [0.3, 0.4) is 0 Å². The average molecular weight is 251 g/mol. The second-order valence-electron chi connectivity index (χ2n) is 5.38. The van der Waals surface area contributed by atoms with Crippen LogP contribution < -0.4 is 5.32 Å². The molecule has 0 amide bonds. The fourth-order valence-corrected chi connectivity index (χ4v) is 3.69. The third kappa shape index (κ3) is 2.69. The van der Waals surface area contributed by atoms with E-state index >= 15 is 0 Å². The van der Waals surface area contributed by atoms with Crippen LogP contribution in [0.25, 0.3) is 0 Å². The Morgan fingerprint density at radius 3 is 3.12 bits per heavy atom. The molecule has 0 spiro atoms. The van der Waals surface area contributed by atoms with E-state index in [2.05, 4.69) is 22.2 Å². The van der Waals surface area contributed by atoms with Crippen molar-refractivity contribution in [2.24, 2.45) is 5.92 Å². The van der Waals surface area contributed by atoms with Gasteiger partial charge < -0.3 is 5.32 Å². The lowest BCUT2D eigenvalue weighted by molar-refractivity contribution is 0.317. The molecule has 2 heterocycles. The number of likely N-dealkylation sites (tertiary alicyclic amines) is 1. The van der Waals surface area contributed by atoms with Crippen molar-refractivity contribution in [3.05, 3.63) is 16.1 Å². The maximum atomic E-state index is 4.56. The van der Waals surface area contributed by atoms with Crippen molar-refractivity contribution in [1.29, 1.82) is 0 Å². The summed E-state index contributed by atoms with van der Waals surface area (Å²) in [6, 6.07) is 0. The molecule has 0 aromatic carbocycles. The van der Waals surface area contributed by atoms with E-state index in [1.165, 1.54) is 42.9 Å². The highest BCUT2D eigenvalue weighted by Gasteiger charge is 2.30. The van der Waals surface area contributed by atoms with E-state index in [4.69, 9.17) is 0 Å². The highest BCUT2D eigenvalue weighted by atomic mass is 32.1. The van der Waals surface area contributed by atoms with Crippen molar-refractivity contribution in [3.63, 3.8) is 0 Å². The summed E-state index contributed by atoms with van der Waals surface area (Å²) < 4.78 is 0. The Morgan fingerprint density at radius 1 is 1.47 bits per heavy atom. The van der Waals surface area contributed by atoms with Crippen LogP contribution in [0.4, 0.5) is 0 Å². The molecule has 94 valence electrons. The standard InChI is InChI=1S/C13H21N3S/c1-14-6-10-4-5-16(7-10)8-12-13(11-2-3-11)15-9-17-12/h9-11,14H,2-8H2,1H3. The Morgan fingerprint density at radius 2 is 2.35 bits per heavy atom. The van der Waals surface area contributed by atoms with Gasteiger partial charge in [-0.2, -0.15) is 0 Å². The minimum Gasteiger partial charge on any atom is -0.319 e. The Bertz CT molecular complexity index is 372. The zero-order valence-electron chi connectivity index (χ0n) is 10.5. The van der Waals surface area contributed by atoms with Crippen molar-refractivity contribution < 1.29 is 0 Å². The topological polar surface area (TPSA) is 28.2 Å². The molecule has 0 radical (unpaired) electrons. The Kier molecular flexibility index (Phi) is 3.45. The van der Waals surface area contributed by atoms with E-state index in [0.717, 1.165) is 24.9 Å². The van der Waals surface area contributed by atoms with Gasteiger partial charge in [-0.15, -0.1) is 11.3 Å². The number of hydrogen-bond acceptors (Lipinski definition) is 4. The number of hydrogen-bond donors (Lipinski definition) is 1. The summed E-state index contributed by atoms with van der Waals surface area (Å²) in [5.74, 6) is 1.64. The SMILES string of the molecule is CNCC1CCN(Cc2scnc2C2CC2)C1. The van der Waals surface area contributed by atoms with Crippen molar-refractivity contribution in [2.75, 3.05) is 26.7 Å². The monoisotopic (exact) mass is 251 g/mol. The molecule has 1 saturated heterocycles. The first-order chi connectivity index (χ1) is 8.36. The lowest BCUT2D eigenvalue weighted by atomic mass is 10.1. The van der Waals surface area contributed by atoms with E-state index in [1.807, 2.05) is 16.8 Å². The Hall–Kier alpha value is -0.450. The zero-order valence-corrected chi connectivity index (χ0v) is 11.3. The molecule has 3 rings (SSSR count). The van der Waals surface area contributed by atoms with E-state index < -0.39 is 0 Å². The van der Waals surface area contributed by atoms with Crippen molar-refractivity contribution in [1.82, 2.24) is 15.2 Å².